The van der Waals surface area contributed by atoms with Crippen molar-refractivity contribution in [2.45, 2.75) is 5.16 Å². The molecule has 1 aromatic carbocycles. The molecule has 0 atom stereocenters. The van der Waals surface area contributed by atoms with Gasteiger partial charge < -0.3 is 5.73 Å². The molecular weight excluding hydrogens is 253 g/mol. The highest BCUT2D eigenvalue weighted by Crippen LogP contribution is 2.26. The lowest BCUT2D eigenvalue weighted by Gasteiger charge is -2.19. The maximum absolute atomic E-state index is 13.1. The third-order valence-corrected chi connectivity index (χ3v) is 2.83. The average molecular weight is 265 g/mol. The molecule has 94 valence electrons. The lowest BCUT2D eigenvalue weighted by atomic mass is 10.3. The topological polar surface area (TPSA) is 81.1 Å². The molecule has 0 saturated carbocycles. The van der Waals surface area contributed by atoms with E-state index in [4.69, 9.17) is 11.6 Å². The molecule has 0 amide bonds. The fourth-order valence-electron chi connectivity index (χ4n) is 1.41. The number of rotatable bonds is 3. The SMILES string of the molecule is CSc1ncc(N)c(N(N)c2cccc(F)c2)n1. The van der Waals surface area contributed by atoms with E-state index in [-0.39, 0.29) is 5.82 Å². The Labute approximate surface area is 108 Å². The zero-order chi connectivity index (χ0) is 13.1. The Morgan fingerprint density at radius 1 is 1.39 bits per heavy atom. The molecule has 1 aromatic heterocycles. The Balaban J connectivity index is 2.41. The Bertz CT molecular complexity index is 563. The first kappa shape index (κ1) is 12.6. The van der Waals surface area contributed by atoms with E-state index in [0.717, 1.165) is 0 Å². The summed E-state index contributed by atoms with van der Waals surface area (Å²) < 4.78 is 13.1. The largest absolute Gasteiger partial charge is 0.394 e. The van der Waals surface area contributed by atoms with Gasteiger partial charge in [0.2, 0.25) is 0 Å². The number of nitrogen functional groups attached to an aromatic ring is 1. The second kappa shape index (κ2) is 5.19. The maximum Gasteiger partial charge on any atom is 0.189 e. The van der Waals surface area contributed by atoms with Crippen molar-refractivity contribution in [3.8, 4) is 0 Å². The van der Waals surface area contributed by atoms with Gasteiger partial charge in [-0.1, -0.05) is 17.8 Å². The van der Waals surface area contributed by atoms with Crippen molar-refractivity contribution < 1.29 is 4.39 Å². The van der Waals surface area contributed by atoms with Crippen LogP contribution in [0.2, 0.25) is 0 Å². The standard InChI is InChI=1S/C11H12FN5S/c1-18-11-15-6-9(13)10(16-11)17(14)8-4-2-3-7(12)5-8/h2-6H,13-14H2,1H3. The van der Waals surface area contributed by atoms with E-state index in [1.54, 1.807) is 12.1 Å². The molecule has 0 aliphatic heterocycles. The van der Waals surface area contributed by atoms with Gasteiger partial charge in [0.1, 0.15) is 5.82 Å². The third kappa shape index (κ3) is 2.52. The molecule has 18 heavy (non-hydrogen) atoms. The van der Waals surface area contributed by atoms with Gasteiger partial charge in [-0.2, -0.15) is 0 Å². The summed E-state index contributed by atoms with van der Waals surface area (Å²) in [5.74, 6) is 5.87. The summed E-state index contributed by atoms with van der Waals surface area (Å²) in [4.78, 5) is 8.22. The lowest BCUT2D eigenvalue weighted by Crippen LogP contribution is -2.27. The highest BCUT2D eigenvalue weighted by molar-refractivity contribution is 7.98. The number of thioether (sulfide) groups is 1. The fraction of sp³-hybridized carbons (Fsp3) is 0.0909. The van der Waals surface area contributed by atoms with Crippen molar-refractivity contribution in [1.29, 1.82) is 0 Å². The first-order chi connectivity index (χ1) is 8.61. The second-order valence-corrected chi connectivity index (χ2v) is 4.26. The van der Waals surface area contributed by atoms with Crippen molar-refractivity contribution in [2.24, 2.45) is 5.84 Å². The van der Waals surface area contributed by atoms with Crippen LogP contribution in [-0.4, -0.2) is 16.2 Å². The molecule has 5 nitrogen and oxygen atoms in total. The van der Waals surface area contributed by atoms with Gasteiger partial charge >= 0.3 is 0 Å². The van der Waals surface area contributed by atoms with Gasteiger partial charge in [0.25, 0.3) is 0 Å². The van der Waals surface area contributed by atoms with Crippen LogP contribution in [0.4, 0.5) is 21.6 Å². The van der Waals surface area contributed by atoms with Crippen LogP contribution in [0.5, 0.6) is 0 Å². The molecule has 1 heterocycles. The number of hydrazine groups is 1. The molecule has 4 N–H and O–H groups in total. The average Bonchev–Trinajstić information content (AvgIpc) is 2.38. The minimum absolute atomic E-state index is 0.333. The summed E-state index contributed by atoms with van der Waals surface area (Å²) in [6.07, 6.45) is 3.33. The van der Waals surface area contributed by atoms with E-state index in [0.29, 0.717) is 22.3 Å². The van der Waals surface area contributed by atoms with Crippen molar-refractivity contribution >= 4 is 29.0 Å². The summed E-state index contributed by atoms with van der Waals surface area (Å²) in [6.45, 7) is 0. The Hall–Kier alpha value is -1.86. The molecular formula is C11H12FN5S. The summed E-state index contributed by atoms with van der Waals surface area (Å²) in [5.41, 5.74) is 6.57. The molecule has 0 bridgehead atoms. The van der Waals surface area contributed by atoms with Gasteiger partial charge in [-0.15, -0.1) is 0 Å². The molecule has 2 rings (SSSR count). The summed E-state index contributed by atoms with van der Waals surface area (Å²) in [5, 5.41) is 1.78. The van der Waals surface area contributed by atoms with Crippen LogP contribution < -0.4 is 16.6 Å². The number of hydrogen-bond acceptors (Lipinski definition) is 6. The zero-order valence-corrected chi connectivity index (χ0v) is 10.5. The number of hydrogen-bond donors (Lipinski definition) is 2. The number of nitrogens with zero attached hydrogens (tertiary/aromatic N) is 3. The maximum atomic E-state index is 13.1. The third-order valence-electron chi connectivity index (χ3n) is 2.27. The predicted octanol–water partition coefficient (Wildman–Crippen LogP) is 1.93. The predicted molar refractivity (Wildman–Crippen MR) is 71.0 cm³/mol. The molecule has 2 aromatic rings. The van der Waals surface area contributed by atoms with E-state index in [1.165, 1.54) is 35.1 Å². The van der Waals surface area contributed by atoms with Gasteiger partial charge in [0.15, 0.2) is 11.0 Å². The van der Waals surface area contributed by atoms with Crippen molar-refractivity contribution in [2.75, 3.05) is 17.0 Å². The number of aromatic nitrogens is 2. The summed E-state index contributed by atoms with van der Waals surface area (Å²) >= 11 is 1.37. The van der Waals surface area contributed by atoms with Crippen LogP contribution in [0.3, 0.4) is 0 Å². The van der Waals surface area contributed by atoms with Crippen molar-refractivity contribution in [3.63, 3.8) is 0 Å². The van der Waals surface area contributed by atoms with E-state index in [1.807, 2.05) is 6.26 Å². The van der Waals surface area contributed by atoms with Crippen molar-refractivity contribution in [1.82, 2.24) is 9.97 Å². The van der Waals surface area contributed by atoms with E-state index < -0.39 is 0 Å². The normalized spacial score (nSPS) is 10.4. The molecule has 0 aliphatic carbocycles. The van der Waals surface area contributed by atoms with E-state index >= 15 is 0 Å². The highest BCUT2D eigenvalue weighted by Gasteiger charge is 2.12. The number of benzene rings is 1. The van der Waals surface area contributed by atoms with Crippen LogP contribution in [0, 0.1) is 5.82 Å². The van der Waals surface area contributed by atoms with Gasteiger partial charge in [0.05, 0.1) is 17.6 Å². The van der Waals surface area contributed by atoms with Gasteiger partial charge in [0, 0.05) is 0 Å². The monoisotopic (exact) mass is 265 g/mol. The zero-order valence-electron chi connectivity index (χ0n) is 9.67. The minimum Gasteiger partial charge on any atom is -0.394 e. The van der Waals surface area contributed by atoms with Crippen LogP contribution in [0.15, 0.2) is 35.6 Å². The lowest BCUT2D eigenvalue weighted by molar-refractivity contribution is 0.627. The Morgan fingerprint density at radius 3 is 2.83 bits per heavy atom. The molecule has 0 fully saturated rings. The van der Waals surface area contributed by atoms with E-state index in [2.05, 4.69) is 9.97 Å². The minimum atomic E-state index is -0.374. The molecule has 0 spiro atoms. The molecule has 0 saturated heterocycles. The van der Waals surface area contributed by atoms with Crippen LogP contribution >= 0.6 is 11.8 Å². The molecule has 7 heteroatoms. The van der Waals surface area contributed by atoms with Gasteiger partial charge in [-0.3, -0.25) is 5.01 Å². The summed E-state index contributed by atoms with van der Waals surface area (Å²) in [6, 6.07) is 5.88. The Kier molecular flexibility index (Phi) is 3.63. The van der Waals surface area contributed by atoms with Gasteiger partial charge in [-0.25, -0.2) is 20.2 Å². The highest BCUT2D eigenvalue weighted by atomic mass is 32.2. The fourth-order valence-corrected chi connectivity index (χ4v) is 1.74. The van der Waals surface area contributed by atoms with Gasteiger partial charge in [-0.05, 0) is 24.5 Å². The number of nitrogens with two attached hydrogens (primary N) is 2. The summed E-state index contributed by atoms with van der Waals surface area (Å²) in [7, 11) is 0. The first-order valence-corrected chi connectivity index (χ1v) is 6.31. The molecule has 0 unspecified atom stereocenters. The Morgan fingerprint density at radius 2 is 2.17 bits per heavy atom. The second-order valence-electron chi connectivity index (χ2n) is 3.49. The quantitative estimate of drug-likeness (QED) is 0.382. The number of halogens is 1. The number of anilines is 3. The van der Waals surface area contributed by atoms with Crippen molar-refractivity contribution in [3.05, 3.63) is 36.3 Å². The van der Waals surface area contributed by atoms with Crippen LogP contribution in [0.1, 0.15) is 0 Å². The van der Waals surface area contributed by atoms with E-state index in [9.17, 15) is 4.39 Å². The molecule has 0 radical (unpaired) electrons. The molecule has 0 aliphatic rings. The van der Waals surface area contributed by atoms with Crippen LogP contribution in [0.25, 0.3) is 0 Å². The smallest absolute Gasteiger partial charge is 0.189 e. The van der Waals surface area contributed by atoms with Crippen LogP contribution in [-0.2, 0) is 0 Å². The first-order valence-electron chi connectivity index (χ1n) is 5.08.